The van der Waals surface area contributed by atoms with Crippen molar-refractivity contribution in [2.75, 3.05) is 12.4 Å². The molecule has 0 bridgehead atoms. The van der Waals surface area contributed by atoms with E-state index in [1.54, 1.807) is 0 Å². The molecule has 5 nitrogen and oxygen atoms in total. The largest absolute Gasteiger partial charge is 0.388 e. The van der Waals surface area contributed by atoms with E-state index in [0.717, 1.165) is 67.2 Å². The molecular formula is C44H33N5. The minimum atomic E-state index is 1.09. The summed E-state index contributed by atoms with van der Waals surface area (Å²) < 4.78 is 0. The van der Waals surface area contributed by atoms with Crippen molar-refractivity contribution in [2.45, 2.75) is 6.92 Å². The van der Waals surface area contributed by atoms with Gasteiger partial charge in [0, 0.05) is 67.8 Å². The molecule has 0 unspecified atom stereocenters. The second-order valence-electron chi connectivity index (χ2n) is 13.1. The predicted octanol–water partition coefficient (Wildman–Crippen LogP) is 11.8. The van der Waals surface area contributed by atoms with E-state index < -0.39 is 0 Å². The van der Waals surface area contributed by atoms with E-state index in [1.807, 2.05) is 7.05 Å². The highest BCUT2D eigenvalue weighted by atomic mass is 14.8. The van der Waals surface area contributed by atoms with Crippen LogP contribution in [-0.4, -0.2) is 27.0 Å². The number of aryl methyl sites for hydroxylation is 1. The first-order valence-electron chi connectivity index (χ1n) is 16.8. The smallest absolute Gasteiger partial charge is 0.0568 e. The van der Waals surface area contributed by atoms with E-state index in [1.165, 1.54) is 43.4 Å². The molecule has 49 heavy (non-hydrogen) atoms. The molecule has 4 heterocycles. The zero-order valence-corrected chi connectivity index (χ0v) is 27.2. The fraction of sp³-hybridized carbons (Fsp3) is 0.0455. The molecule has 0 spiro atoms. The van der Waals surface area contributed by atoms with E-state index in [4.69, 9.17) is 0 Å². The van der Waals surface area contributed by atoms with Gasteiger partial charge in [-0.3, -0.25) is 0 Å². The highest BCUT2D eigenvalue weighted by Gasteiger charge is 2.23. The molecule has 0 aliphatic heterocycles. The molecule has 0 saturated carbocycles. The van der Waals surface area contributed by atoms with Crippen molar-refractivity contribution in [3.05, 3.63) is 139 Å². The highest BCUT2D eigenvalue weighted by Crippen LogP contribution is 2.47. The summed E-state index contributed by atoms with van der Waals surface area (Å²) in [5.74, 6) is 0. The van der Waals surface area contributed by atoms with E-state index in [9.17, 15) is 0 Å². The van der Waals surface area contributed by atoms with E-state index >= 15 is 0 Å². The molecule has 0 fully saturated rings. The lowest BCUT2D eigenvalue weighted by Gasteiger charge is -2.08. The molecule has 234 valence electrons. The number of aromatic amines is 4. The van der Waals surface area contributed by atoms with Crippen LogP contribution in [0.25, 0.3) is 99.4 Å². The maximum Gasteiger partial charge on any atom is 0.0568 e. The molecule has 0 radical (unpaired) electrons. The first kappa shape index (κ1) is 27.6. The van der Waals surface area contributed by atoms with Gasteiger partial charge in [0.25, 0.3) is 0 Å². The van der Waals surface area contributed by atoms with Crippen LogP contribution in [0.15, 0.2) is 133 Å². The summed E-state index contributed by atoms with van der Waals surface area (Å²) in [7, 11) is 1.95. The Labute approximate surface area is 282 Å². The van der Waals surface area contributed by atoms with Crippen LogP contribution in [0.5, 0.6) is 0 Å². The first-order chi connectivity index (χ1) is 24.1. The molecule has 0 saturated heterocycles. The molecule has 10 aromatic rings. The summed E-state index contributed by atoms with van der Waals surface area (Å²) in [5.41, 5.74) is 15.8. The average Bonchev–Trinajstić information content (AvgIpc) is 3.96. The van der Waals surface area contributed by atoms with Crippen LogP contribution >= 0.6 is 0 Å². The lowest BCUT2D eigenvalue weighted by molar-refractivity contribution is 1.42. The van der Waals surface area contributed by atoms with Gasteiger partial charge in [-0.2, -0.15) is 0 Å². The minimum Gasteiger partial charge on any atom is -0.388 e. The Hall–Kier alpha value is -6.46. The Morgan fingerprint density at radius 2 is 0.714 bits per heavy atom. The monoisotopic (exact) mass is 631 g/mol. The number of nitrogens with one attached hydrogen (secondary N) is 5. The lowest BCUT2D eigenvalue weighted by atomic mass is 9.98. The second-order valence-corrected chi connectivity index (χ2v) is 13.1. The van der Waals surface area contributed by atoms with Gasteiger partial charge in [0.1, 0.15) is 0 Å². The molecule has 10 rings (SSSR count). The Morgan fingerprint density at radius 3 is 1.06 bits per heavy atom. The fourth-order valence-electron chi connectivity index (χ4n) is 7.61. The van der Waals surface area contributed by atoms with E-state index in [2.05, 4.69) is 166 Å². The Morgan fingerprint density at radius 1 is 0.388 bits per heavy atom. The van der Waals surface area contributed by atoms with Crippen LogP contribution in [0.3, 0.4) is 0 Å². The number of H-pyrrole nitrogens is 4. The number of hydrogen-bond acceptors (Lipinski definition) is 1. The van der Waals surface area contributed by atoms with E-state index in [0.29, 0.717) is 0 Å². The summed E-state index contributed by atoms with van der Waals surface area (Å²) in [6.07, 6.45) is 0. The molecule has 0 aliphatic carbocycles. The average molecular weight is 632 g/mol. The van der Waals surface area contributed by atoms with Gasteiger partial charge in [-0.15, -0.1) is 0 Å². The number of fused-ring (bicyclic) bond motifs is 11. The first-order valence-corrected chi connectivity index (χ1v) is 16.8. The van der Waals surface area contributed by atoms with Crippen LogP contribution in [-0.2, 0) is 0 Å². The number of anilines is 1. The summed E-state index contributed by atoms with van der Waals surface area (Å²) in [6, 6.07) is 47.9. The third-order valence-electron chi connectivity index (χ3n) is 10.1. The quantitative estimate of drug-likeness (QED) is 0.129. The number of rotatable bonds is 5. The molecule has 0 aliphatic rings. The van der Waals surface area contributed by atoms with Gasteiger partial charge in [0.2, 0.25) is 0 Å². The van der Waals surface area contributed by atoms with Crippen LogP contribution < -0.4 is 5.32 Å². The molecule has 0 amide bonds. The fourth-order valence-corrected chi connectivity index (χ4v) is 7.61. The molecule has 0 atom stereocenters. The van der Waals surface area contributed by atoms with Crippen LogP contribution in [0, 0.1) is 6.92 Å². The minimum absolute atomic E-state index is 1.09. The number of aromatic nitrogens is 4. The second kappa shape index (κ2) is 10.5. The van der Waals surface area contributed by atoms with Crippen molar-refractivity contribution in [3.8, 4) is 45.0 Å². The number of benzene rings is 6. The van der Waals surface area contributed by atoms with Crippen molar-refractivity contribution in [3.63, 3.8) is 0 Å². The molecular weight excluding hydrogens is 599 g/mol. The summed E-state index contributed by atoms with van der Waals surface area (Å²) in [5, 5.41) is 10.4. The third-order valence-corrected chi connectivity index (χ3v) is 10.1. The number of hydrogen-bond donors (Lipinski definition) is 5. The normalized spacial score (nSPS) is 11.9. The van der Waals surface area contributed by atoms with Crippen molar-refractivity contribution >= 4 is 60.1 Å². The van der Waals surface area contributed by atoms with Crippen LogP contribution in [0.2, 0.25) is 0 Å². The lowest BCUT2D eigenvalue weighted by Crippen LogP contribution is -1.87. The zero-order valence-electron chi connectivity index (χ0n) is 27.2. The van der Waals surface area contributed by atoms with Crippen molar-refractivity contribution in [1.29, 1.82) is 0 Å². The van der Waals surface area contributed by atoms with Gasteiger partial charge >= 0.3 is 0 Å². The standard InChI is InChI=1S/C44H33N5/c1-25-13-15-28(16-14-25)37-23-33-31-21-35(26-9-5-3-6-10-26)46-41(31)39-40(43(33)48-37)44-34(24-38(49-44)29-17-19-30(45-2)20-18-29)32-22-36(47-42(32)39)27-11-7-4-8-12-27/h3-24,45-49H,1-2H3. The molecule has 4 aromatic heterocycles. The van der Waals surface area contributed by atoms with E-state index in [-0.39, 0.29) is 0 Å². The Kier molecular flexibility index (Phi) is 5.94. The maximum absolute atomic E-state index is 3.92. The van der Waals surface area contributed by atoms with Gasteiger partial charge in [-0.1, -0.05) is 103 Å². The van der Waals surface area contributed by atoms with Crippen LogP contribution in [0.4, 0.5) is 5.69 Å². The van der Waals surface area contributed by atoms with Crippen molar-refractivity contribution < 1.29 is 0 Å². The van der Waals surface area contributed by atoms with Crippen molar-refractivity contribution in [2.24, 2.45) is 0 Å². The highest BCUT2D eigenvalue weighted by molar-refractivity contribution is 6.38. The van der Waals surface area contributed by atoms with Crippen LogP contribution in [0.1, 0.15) is 5.56 Å². The molecule has 5 N–H and O–H groups in total. The predicted molar refractivity (Wildman–Crippen MR) is 207 cm³/mol. The topological polar surface area (TPSA) is 75.2 Å². The summed E-state index contributed by atoms with van der Waals surface area (Å²) in [6.45, 7) is 2.13. The zero-order chi connectivity index (χ0) is 32.6. The molecule has 5 heteroatoms. The Bertz CT molecular complexity index is 2830. The van der Waals surface area contributed by atoms with Gasteiger partial charge in [-0.05, 0) is 65.6 Å². The summed E-state index contributed by atoms with van der Waals surface area (Å²) in [4.78, 5) is 15.6. The van der Waals surface area contributed by atoms with Gasteiger partial charge in [0.05, 0.1) is 22.1 Å². The Balaban J connectivity index is 1.38. The van der Waals surface area contributed by atoms with Crippen molar-refractivity contribution in [1.82, 2.24) is 19.9 Å². The SMILES string of the molecule is CNc1ccc(-c2cc3c4cc(-c5ccccc5)[nH]c4c4c5[nH]c(-c6ccccc6)cc5c5cc(-c6ccc(C)cc6)[nH]c5c4c3[nH]2)cc1. The summed E-state index contributed by atoms with van der Waals surface area (Å²) >= 11 is 0. The van der Waals surface area contributed by atoms with Gasteiger partial charge < -0.3 is 25.3 Å². The third kappa shape index (κ3) is 4.26. The molecule has 6 aromatic carbocycles. The maximum atomic E-state index is 3.92. The van der Waals surface area contributed by atoms with Gasteiger partial charge in [0.15, 0.2) is 0 Å². The van der Waals surface area contributed by atoms with Gasteiger partial charge in [-0.25, -0.2) is 0 Å².